The van der Waals surface area contributed by atoms with E-state index in [4.69, 9.17) is 4.74 Å². The van der Waals surface area contributed by atoms with Crippen LogP contribution in [0.15, 0.2) is 42.5 Å². The number of hydrogen-bond donors (Lipinski definition) is 1. The number of anilines is 1. The highest BCUT2D eigenvalue weighted by Gasteiger charge is 2.39. The lowest BCUT2D eigenvalue weighted by Crippen LogP contribution is -2.26. The van der Waals surface area contributed by atoms with Gasteiger partial charge in [0.15, 0.2) is 0 Å². The van der Waals surface area contributed by atoms with Gasteiger partial charge >= 0.3 is 6.18 Å². The monoisotopic (exact) mass is 349 g/mol. The molecular weight excluding hydrogens is 335 g/mol. The number of benzene rings is 2. The number of fused-ring (bicyclic) bond motifs is 1. The molecule has 0 radical (unpaired) electrons. The molecule has 7 heteroatoms. The van der Waals surface area contributed by atoms with Crippen LogP contribution >= 0.6 is 0 Å². The van der Waals surface area contributed by atoms with E-state index in [-0.39, 0.29) is 17.7 Å². The Bertz CT molecular complexity index is 828. The number of methoxy groups -OCH3 is 1. The molecule has 25 heavy (non-hydrogen) atoms. The van der Waals surface area contributed by atoms with E-state index in [1.807, 2.05) is 0 Å². The molecule has 2 aromatic carbocycles. The van der Waals surface area contributed by atoms with Crippen molar-refractivity contribution in [2.75, 3.05) is 12.4 Å². The first kappa shape index (κ1) is 17.0. The third-order valence-corrected chi connectivity index (χ3v) is 4.20. The summed E-state index contributed by atoms with van der Waals surface area (Å²) in [6.07, 6.45) is -4.79. The molecule has 1 aliphatic rings. The summed E-state index contributed by atoms with van der Waals surface area (Å²) in [5.74, 6) is -2.13. The minimum absolute atomic E-state index is 0.0178. The molecule has 0 fully saturated rings. The summed E-state index contributed by atoms with van der Waals surface area (Å²) in [5, 5.41) is 2.29. The van der Waals surface area contributed by atoms with Crippen LogP contribution in [-0.4, -0.2) is 18.8 Å². The number of alkyl halides is 3. The van der Waals surface area contributed by atoms with Crippen molar-refractivity contribution < 1.29 is 27.5 Å². The molecule has 130 valence electrons. The molecule has 0 bridgehead atoms. The maximum absolute atomic E-state index is 13.3. The van der Waals surface area contributed by atoms with Gasteiger partial charge in [0.2, 0.25) is 5.78 Å². The number of ketones is 1. The second-order valence-corrected chi connectivity index (χ2v) is 5.68. The van der Waals surface area contributed by atoms with Gasteiger partial charge in [-0.15, -0.1) is 0 Å². The number of rotatable bonds is 2. The van der Waals surface area contributed by atoms with Gasteiger partial charge in [0.25, 0.3) is 5.91 Å². The predicted molar refractivity (Wildman–Crippen MR) is 84.5 cm³/mol. The fraction of sp³-hybridized carbons (Fsp3) is 0.222. The largest absolute Gasteiger partial charge is 0.497 e. The Hall–Kier alpha value is -2.83. The van der Waals surface area contributed by atoms with E-state index < -0.39 is 29.3 Å². The molecular formula is C18H14F3NO3. The molecule has 3 rings (SSSR count). The number of amides is 1. The fourth-order valence-corrected chi connectivity index (χ4v) is 2.93. The average molecular weight is 349 g/mol. The number of carbonyl (C=O) groups excluding carboxylic acids is 2. The van der Waals surface area contributed by atoms with Gasteiger partial charge in [0.1, 0.15) is 5.75 Å². The van der Waals surface area contributed by atoms with Crippen molar-refractivity contribution in [3.05, 3.63) is 59.2 Å². The zero-order valence-electron chi connectivity index (χ0n) is 13.2. The molecule has 1 unspecified atom stereocenters. The van der Waals surface area contributed by atoms with Crippen molar-refractivity contribution in [2.45, 2.75) is 18.5 Å². The lowest BCUT2D eigenvalue weighted by atomic mass is 9.87. The Kier molecular flexibility index (Phi) is 4.24. The van der Waals surface area contributed by atoms with Gasteiger partial charge in [-0.25, -0.2) is 0 Å². The van der Waals surface area contributed by atoms with Crippen molar-refractivity contribution in [1.29, 1.82) is 0 Å². The second-order valence-electron chi connectivity index (χ2n) is 5.68. The van der Waals surface area contributed by atoms with Crippen molar-refractivity contribution in [3.63, 3.8) is 0 Å². The van der Waals surface area contributed by atoms with Crippen LogP contribution in [0, 0.1) is 0 Å². The van der Waals surface area contributed by atoms with Crippen LogP contribution < -0.4 is 10.1 Å². The number of hydrogen-bond acceptors (Lipinski definition) is 3. The number of nitrogens with one attached hydrogen (secondary N) is 1. The average Bonchev–Trinajstić information content (AvgIpc) is 2.71. The van der Waals surface area contributed by atoms with Gasteiger partial charge in [-0.05, 0) is 41.8 Å². The third-order valence-electron chi connectivity index (χ3n) is 4.20. The molecule has 0 aliphatic carbocycles. The zero-order chi connectivity index (χ0) is 18.2. The minimum Gasteiger partial charge on any atom is -0.497 e. The maximum Gasteiger partial charge on any atom is 0.416 e. The van der Waals surface area contributed by atoms with E-state index in [2.05, 4.69) is 5.32 Å². The number of carbonyl (C=O) groups is 2. The van der Waals surface area contributed by atoms with Gasteiger partial charge in [-0.1, -0.05) is 18.2 Å². The van der Waals surface area contributed by atoms with Crippen LogP contribution in [0.3, 0.4) is 0 Å². The van der Waals surface area contributed by atoms with Crippen LogP contribution in [0.4, 0.5) is 18.9 Å². The Morgan fingerprint density at radius 1 is 1.08 bits per heavy atom. The molecule has 0 aromatic heterocycles. The normalized spacial score (nSPS) is 17.5. The summed E-state index contributed by atoms with van der Waals surface area (Å²) in [5.41, 5.74) is -0.455. The minimum atomic E-state index is -4.58. The Balaban J connectivity index is 2.09. The van der Waals surface area contributed by atoms with Crippen LogP contribution in [-0.2, 0) is 22.2 Å². The summed E-state index contributed by atoms with van der Waals surface area (Å²) in [6, 6.07) is 9.88. The van der Waals surface area contributed by atoms with E-state index in [9.17, 15) is 22.8 Å². The summed E-state index contributed by atoms with van der Waals surface area (Å²) in [6.45, 7) is 0. The van der Waals surface area contributed by atoms with E-state index in [0.29, 0.717) is 11.3 Å². The highest BCUT2D eigenvalue weighted by atomic mass is 19.4. The first-order valence-electron chi connectivity index (χ1n) is 7.49. The molecule has 0 spiro atoms. The number of halogens is 3. The van der Waals surface area contributed by atoms with Gasteiger partial charge in [-0.2, -0.15) is 13.2 Å². The molecule has 2 aromatic rings. The van der Waals surface area contributed by atoms with E-state index in [1.165, 1.54) is 19.2 Å². The first-order chi connectivity index (χ1) is 11.8. The standard InChI is InChI=1S/C18H14F3NO3/c1-25-11-7-5-10(6-8-11)12-9-13-14(18(19,20)21)3-2-4-15(13)22-17(24)16(12)23/h2-8,12H,9H2,1H3,(H,22,24). The topological polar surface area (TPSA) is 55.4 Å². The Labute approximate surface area is 141 Å². The van der Waals surface area contributed by atoms with Crippen molar-refractivity contribution >= 4 is 17.4 Å². The Morgan fingerprint density at radius 3 is 2.36 bits per heavy atom. The lowest BCUT2D eigenvalue weighted by molar-refractivity contribution is -0.138. The predicted octanol–water partition coefficient (Wildman–Crippen LogP) is 3.56. The summed E-state index contributed by atoms with van der Waals surface area (Å²) < 4.78 is 45.0. The van der Waals surface area contributed by atoms with Crippen molar-refractivity contribution in [1.82, 2.24) is 0 Å². The van der Waals surface area contributed by atoms with Gasteiger partial charge in [0, 0.05) is 5.69 Å². The fourth-order valence-electron chi connectivity index (χ4n) is 2.93. The van der Waals surface area contributed by atoms with E-state index in [1.54, 1.807) is 24.3 Å². The smallest absolute Gasteiger partial charge is 0.416 e. The Morgan fingerprint density at radius 2 is 1.76 bits per heavy atom. The van der Waals surface area contributed by atoms with Gasteiger partial charge in [-0.3, -0.25) is 9.59 Å². The highest BCUT2D eigenvalue weighted by Crippen LogP contribution is 2.39. The quantitative estimate of drug-likeness (QED) is 0.844. The lowest BCUT2D eigenvalue weighted by Gasteiger charge is -2.17. The van der Waals surface area contributed by atoms with Crippen LogP contribution in [0.5, 0.6) is 5.75 Å². The van der Waals surface area contributed by atoms with Crippen LogP contribution in [0.2, 0.25) is 0 Å². The van der Waals surface area contributed by atoms with Crippen LogP contribution in [0.25, 0.3) is 0 Å². The van der Waals surface area contributed by atoms with E-state index in [0.717, 1.165) is 6.07 Å². The molecule has 1 atom stereocenters. The van der Waals surface area contributed by atoms with Gasteiger partial charge < -0.3 is 10.1 Å². The molecule has 4 nitrogen and oxygen atoms in total. The highest BCUT2D eigenvalue weighted by molar-refractivity contribution is 6.43. The number of Topliss-reactive ketones (excluding diaryl/α,β-unsaturated/α-hetero) is 1. The van der Waals surface area contributed by atoms with Gasteiger partial charge in [0.05, 0.1) is 18.6 Å². The summed E-state index contributed by atoms with van der Waals surface area (Å²) >= 11 is 0. The van der Waals surface area contributed by atoms with Crippen molar-refractivity contribution in [2.24, 2.45) is 0 Å². The first-order valence-corrected chi connectivity index (χ1v) is 7.49. The molecule has 1 N–H and O–H groups in total. The van der Waals surface area contributed by atoms with E-state index >= 15 is 0 Å². The number of ether oxygens (including phenoxy) is 1. The summed E-state index contributed by atoms with van der Waals surface area (Å²) in [4.78, 5) is 24.5. The molecule has 0 saturated heterocycles. The molecule has 1 amide bonds. The molecule has 0 saturated carbocycles. The SMILES string of the molecule is COc1ccc(C2Cc3c(cccc3C(F)(F)F)NC(=O)C2=O)cc1. The second kappa shape index (κ2) is 6.23. The summed E-state index contributed by atoms with van der Waals surface area (Å²) in [7, 11) is 1.48. The van der Waals surface area contributed by atoms with Crippen molar-refractivity contribution in [3.8, 4) is 5.75 Å². The van der Waals surface area contributed by atoms with Crippen LogP contribution in [0.1, 0.15) is 22.6 Å². The third kappa shape index (κ3) is 3.22. The molecule has 1 heterocycles. The molecule has 1 aliphatic heterocycles. The zero-order valence-corrected chi connectivity index (χ0v) is 13.2. The maximum atomic E-state index is 13.3.